The molecule has 14 heavy (non-hydrogen) atoms. The fourth-order valence-corrected chi connectivity index (χ4v) is 1.12. The Morgan fingerprint density at radius 2 is 2.29 bits per heavy atom. The molecule has 0 aliphatic rings. The molecule has 0 amide bonds. The zero-order valence-electron chi connectivity index (χ0n) is 8.66. The van der Waals surface area contributed by atoms with Crippen molar-refractivity contribution in [3.05, 3.63) is 35.4 Å². The third-order valence-electron chi connectivity index (χ3n) is 1.85. The number of hydrogen-bond acceptors (Lipinski definition) is 3. The number of aryl methyl sites for hydroxylation is 1. The largest absolute Gasteiger partial charge is 0.394 e. The smallest absolute Gasteiger partial charge is 0.129 e. The Hall–Kier alpha value is -1.35. The van der Waals surface area contributed by atoms with E-state index in [2.05, 4.69) is 24.2 Å². The summed E-state index contributed by atoms with van der Waals surface area (Å²) in [6, 6.07) is 8.15. The van der Waals surface area contributed by atoms with E-state index in [-0.39, 0.29) is 0 Å². The predicted molar refractivity (Wildman–Crippen MR) is 58.4 cm³/mol. The van der Waals surface area contributed by atoms with Gasteiger partial charge in [0.25, 0.3) is 0 Å². The summed E-state index contributed by atoms with van der Waals surface area (Å²) >= 11 is 0. The van der Waals surface area contributed by atoms with Gasteiger partial charge in [0.1, 0.15) is 6.61 Å². The summed E-state index contributed by atoms with van der Waals surface area (Å²) < 4.78 is 0. The SMILES string of the molecule is C/C(=N\OCCN)c1cccc(C)c1. The van der Waals surface area contributed by atoms with Gasteiger partial charge in [-0.2, -0.15) is 0 Å². The van der Waals surface area contributed by atoms with Crippen molar-refractivity contribution in [1.82, 2.24) is 0 Å². The van der Waals surface area contributed by atoms with Gasteiger partial charge < -0.3 is 10.6 Å². The molecule has 0 aliphatic carbocycles. The second-order valence-electron chi connectivity index (χ2n) is 3.17. The van der Waals surface area contributed by atoms with Crippen molar-refractivity contribution in [3.8, 4) is 0 Å². The molecule has 0 heterocycles. The molecule has 0 unspecified atom stereocenters. The maximum absolute atomic E-state index is 5.28. The molecule has 0 aliphatic heterocycles. The Morgan fingerprint density at radius 1 is 1.50 bits per heavy atom. The van der Waals surface area contributed by atoms with E-state index in [1.807, 2.05) is 19.1 Å². The van der Waals surface area contributed by atoms with Crippen molar-refractivity contribution < 1.29 is 4.84 Å². The normalized spacial score (nSPS) is 11.5. The summed E-state index contributed by atoms with van der Waals surface area (Å²) in [6.07, 6.45) is 0. The Labute approximate surface area is 84.6 Å². The van der Waals surface area contributed by atoms with Crippen LogP contribution in [0.4, 0.5) is 0 Å². The maximum Gasteiger partial charge on any atom is 0.129 e. The van der Waals surface area contributed by atoms with Gasteiger partial charge in [0.05, 0.1) is 5.71 Å². The molecule has 1 aromatic carbocycles. The average Bonchev–Trinajstić information content (AvgIpc) is 2.18. The molecule has 3 heteroatoms. The average molecular weight is 192 g/mol. The Bertz CT molecular complexity index is 321. The molecule has 0 aromatic heterocycles. The van der Waals surface area contributed by atoms with Crippen LogP contribution in [-0.4, -0.2) is 18.9 Å². The first kappa shape index (κ1) is 10.7. The minimum absolute atomic E-state index is 0.461. The van der Waals surface area contributed by atoms with E-state index in [1.54, 1.807) is 0 Å². The highest BCUT2D eigenvalue weighted by atomic mass is 16.6. The molecule has 0 saturated heterocycles. The van der Waals surface area contributed by atoms with E-state index < -0.39 is 0 Å². The van der Waals surface area contributed by atoms with Crippen LogP contribution in [0, 0.1) is 6.92 Å². The Balaban J connectivity index is 2.68. The van der Waals surface area contributed by atoms with Crippen LogP contribution in [0.5, 0.6) is 0 Å². The first-order chi connectivity index (χ1) is 6.74. The molecule has 1 rings (SSSR count). The van der Waals surface area contributed by atoms with Crippen LogP contribution in [-0.2, 0) is 4.84 Å². The summed E-state index contributed by atoms with van der Waals surface area (Å²) in [5.74, 6) is 0. The fourth-order valence-electron chi connectivity index (χ4n) is 1.12. The monoisotopic (exact) mass is 192 g/mol. The van der Waals surface area contributed by atoms with Gasteiger partial charge in [-0.3, -0.25) is 0 Å². The molecule has 0 radical (unpaired) electrons. The van der Waals surface area contributed by atoms with Crippen molar-refractivity contribution in [1.29, 1.82) is 0 Å². The molecule has 0 atom stereocenters. The first-order valence-electron chi connectivity index (χ1n) is 4.67. The minimum atomic E-state index is 0.461. The lowest BCUT2D eigenvalue weighted by atomic mass is 10.1. The van der Waals surface area contributed by atoms with E-state index in [0.717, 1.165) is 11.3 Å². The van der Waals surface area contributed by atoms with Crippen molar-refractivity contribution in [3.63, 3.8) is 0 Å². The quantitative estimate of drug-likeness (QED) is 0.448. The van der Waals surface area contributed by atoms with E-state index in [1.165, 1.54) is 5.56 Å². The highest BCUT2D eigenvalue weighted by Gasteiger charge is 1.97. The molecular formula is C11H16N2O. The number of benzene rings is 1. The van der Waals surface area contributed by atoms with E-state index in [0.29, 0.717) is 13.2 Å². The Kier molecular flexibility index (Phi) is 4.13. The van der Waals surface area contributed by atoms with Crippen molar-refractivity contribution in [2.75, 3.05) is 13.2 Å². The maximum atomic E-state index is 5.28. The molecule has 0 fully saturated rings. The van der Waals surface area contributed by atoms with E-state index in [9.17, 15) is 0 Å². The second-order valence-corrected chi connectivity index (χ2v) is 3.17. The summed E-state index contributed by atoms with van der Waals surface area (Å²) in [4.78, 5) is 5.00. The lowest BCUT2D eigenvalue weighted by molar-refractivity contribution is 0.152. The third kappa shape index (κ3) is 3.18. The van der Waals surface area contributed by atoms with E-state index >= 15 is 0 Å². The zero-order valence-corrected chi connectivity index (χ0v) is 8.66. The van der Waals surface area contributed by atoms with Crippen LogP contribution in [0.2, 0.25) is 0 Å². The molecule has 0 bridgehead atoms. The van der Waals surface area contributed by atoms with Crippen molar-refractivity contribution in [2.24, 2.45) is 10.9 Å². The van der Waals surface area contributed by atoms with Crippen LogP contribution in [0.1, 0.15) is 18.1 Å². The van der Waals surface area contributed by atoms with Crippen LogP contribution < -0.4 is 5.73 Å². The molecule has 76 valence electrons. The summed E-state index contributed by atoms with van der Waals surface area (Å²) in [7, 11) is 0. The predicted octanol–water partition coefficient (Wildman–Crippen LogP) is 1.69. The standard InChI is InChI=1S/C11H16N2O/c1-9-4-3-5-11(8-9)10(2)13-14-7-6-12/h3-5,8H,6-7,12H2,1-2H3/b13-10+. The third-order valence-corrected chi connectivity index (χ3v) is 1.85. The summed E-state index contributed by atoms with van der Waals surface area (Å²) in [6.45, 7) is 4.93. The Morgan fingerprint density at radius 3 is 2.93 bits per heavy atom. The zero-order chi connectivity index (χ0) is 10.4. The van der Waals surface area contributed by atoms with Gasteiger partial charge in [-0.05, 0) is 19.4 Å². The molecule has 0 spiro atoms. The lowest BCUT2D eigenvalue weighted by Crippen LogP contribution is -2.07. The number of rotatable bonds is 4. The fraction of sp³-hybridized carbons (Fsp3) is 0.364. The van der Waals surface area contributed by atoms with Gasteiger partial charge in [0.2, 0.25) is 0 Å². The molecule has 3 nitrogen and oxygen atoms in total. The molecule has 1 aromatic rings. The topological polar surface area (TPSA) is 47.6 Å². The van der Waals surface area contributed by atoms with Crippen molar-refractivity contribution >= 4 is 5.71 Å². The first-order valence-corrected chi connectivity index (χ1v) is 4.67. The van der Waals surface area contributed by atoms with Gasteiger partial charge in [-0.15, -0.1) is 0 Å². The molecule has 0 saturated carbocycles. The number of nitrogens with two attached hydrogens (primary N) is 1. The van der Waals surface area contributed by atoms with E-state index in [4.69, 9.17) is 10.6 Å². The van der Waals surface area contributed by atoms with Crippen molar-refractivity contribution in [2.45, 2.75) is 13.8 Å². The highest BCUT2D eigenvalue weighted by molar-refractivity contribution is 5.98. The summed E-state index contributed by atoms with van der Waals surface area (Å²) in [5, 5.41) is 3.96. The van der Waals surface area contributed by atoms with Gasteiger partial charge >= 0.3 is 0 Å². The van der Waals surface area contributed by atoms with Crippen LogP contribution in [0.25, 0.3) is 0 Å². The van der Waals surface area contributed by atoms with Gasteiger partial charge in [-0.25, -0.2) is 0 Å². The number of nitrogens with zero attached hydrogens (tertiary/aromatic N) is 1. The van der Waals surface area contributed by atoms with Crippen LogP contribution in [0.15, 0.2) is 29.4 Å². The summed E-state index contributed by atoms with van der Waals surface area (Å²) in [5.41, 5.74) is 8.46. The second kappa shape index (κ2) is 5.40. The van der Waals surface area contributed by atoms with Gasteiger partial charge in [0.15, 0.2) is 0 Å². The van der Waals surface area contributed by atoms with Gasteiger partial charge in [-0.1, -0.05) is 35.0 Å². The van der Waals surface area contributed by atoms with Crippen LogP contribution >= 0.6 is 0 Å². The van der Waals surface area contributed by atoms with Crippen LogP contribution in [0.3, 0.4) is 0 Å². The van der Waals surface area contributed by atoms with Gasteiger partial charge in [0, 0.05) is 6.54 Å². The molecule has 2 N–H and O–H groups in total. The molecular weight excluding hydrogens is 176 g/mol. The minimum Gasteiger partial charge on any atom is -0.394 e. The number of hydrogen-bond donors (Lipinski definition) is 1. The highest BCUT2D eigenvalue weighted by Crippen LogP contribution is 2.05. The number of oxime groups is 1. The lowest BCUT2D eigenvalue weighted by Gasteiger charge is -2.02.